The molecule has 0 spiro atoms. The minimum Gasteiger partial charge on any atom is -0.365 e. The summed E-state index contributed by atoms with van der Waals surface area (Å²) in [5, 5.41) is 0. The van der Waals surface area contributed by atoms with E-state index in [4.69, 9.17) is 0 Å². The third kappa shape index (κ3) is 1.18. The highest BCUT2D eigenvalue weighted by molar-refractivity contribution is 5.66. The normalized spacial score (nSPS) is 36.3. The zero-order chi connectivity index (χ0) is 12.4. The van der Waals surface area contributed by atoms with Crippen LogP contribution in [0.1, 0.15) is 50.2 Å². The smallest absolute Gasteiger partial charge is 0.0410 e. The Kier molecular flexibility index (Phi) is 2.13. The molecule has 1 nitrogen and oxygen atoms in total. The van der Waals surface area contributed by atoms with E-state index >= 15 is 0 Å². The topological polar surface area (TPSA) is 3.24 Å². The maximum atomic E-state index is 2.75. The van der Waals surface area contributed by atoms with Gasteiger partial charge in [0.15, 0.2) is 0 Å². The van der Waals surface area contributed by atoms with E-state index in [2.05, 4.69) is 43.9 Å². The van der Waals surface area contributed by atoms with Crippen LogP contribution in [-0.2, 0) is 0 Å². The Morgan fingerprint density at radius 3 is 2.72 bits per heavy atom. The van der Waals surface area contributed by atoms with E-state index in [1.54, 1.807) is 11.3 Å². The fraction of sp³-hybridized carbons (Fsp3) is 0.647. The van der Waals surface area contributed by atoms with E-state index in [1.807, 2.05) is 0 Å². The molecule has 2 saturated carbocycles. The summed E-state index contributed by atoms with van der Waals surface area (Å²) in [5.41, 5.74) is 4.78. The summed E-state index contributed by atoms with van der Waals surface area (Å²) >= 11 is 0. The quantitative estimate of drug-likeness (QED) is 0.715. The molecule has 96 valence electrons. The molecule has 1 heteroatoms. The molecule has 0 N–H and O–H groups in total. The summed E-state index contributed by atoms with van der Waals surface area (Å²) in [6, 6.07) is 8.37. The molecule has 0 radical (unpaired) electrons. The molecule has 1 aromatic rings. The molecule has 1 heterocycles. The van der Waals surface area contributed by atoms with Crippen molar-refractivity contribution in [3.8, 4) is 0 Å². The van der Waals surface area contributed by atoms with Gasteiger partial charge in [0.2, 0.25) is 0 Å². The molecule has 2 unspecified atom stereocenters. The molecule has 18 heavy (non-hydrogen) atoms. The van der Waals surface area contributed by atoms with Gasteiger partial charge in [-0.2, -0.15) is 0 Å². The third-order valence-electron chi connectivity index (χ3n) is 5.66. The molecular formula is C17H23N. The first-order valence-corrected chi connectivity index (χ1v) is 7.56. The van der Waals surface area contributed by atoms with Gasteiger partial charge in [-0.1, -0.05) is 12.1 Å². The van der Waals surface area contributed by atoms with Gasteiger partial charge in [-0.05, 0) is 69.1 Å². The number of hydrogen-bond acceptors (Lipinski definition) is 1. The van der Waals surface area contributed by atoms with Gasteiger partial charge in [0.1, 0.15) is 0 Å². The average molecular weight is 241 g/mol. The number of rotatable bonds is 1. The van der Waals surface area contributed by atoms with Crippen molar-refractivity contribution >= 4 is 5.69 Å². The minimum atomic E-state index is 0.639. The van der Waals surface area contributed by atoms with Crippen LogP contribution in [0.5, 0.6) is 0 Å². The number of hydrogen-bond donors (Lipinski definition) is 0. The van der Waals surface area contributed by atoms with Crippen molar-refractivity contribution in [1.82, 2.24) is 0 Å². The van der Waals surface area contributed by atoms with Crippen LogP contribution in [0.4, 0.5) is 5.69 Å². The molecule has 2 fully saturated rings. The van der Waals surface area contributed by atoms with Crippen LogP contribution >= 0.6 is 0 Å². The highest BCUT2D eigenvalue weighted by atomic mass is 15.2. The summed E-state index contributed by atoms with van der Waals surface area (Å²) < 4.78 is 0. The van der Waals surface area contributed by atoms with Crippen LogP contribution in [0.2, 0.25) is 0 Å². The van der Waals surface area contributed by atoms with Gasteiger partial charge in [0, 0.05) is 23.7 Å². The summed E-state index contributed by atoms with van der Waals surface area (Å²) in [6.45, 7) is 7.03. The molecule has 0 saturated heterocycles. The lowest BCUT2D eigenvalue weighted by Gasteiger charge is -2.36. The lowest BCUT2D eigenvalue weighted by molar-refractivity contribution is 0.356. The molecule has 1 aliphatic heterocycles. The fourth-order valence-electron chi connectivity index (χ4n) is 5.17. The number of fused-ring (bicyclic) bond motifs is 7. The standard InChI is InChI=1S/C17H23N/c1-10(2)18-14-6-4-5-11(3)15(14)16-12-7-8-13(9-12)17(16)18/h4-6,10,12-13,16-17H,7-9H2,1-3H3/t12?,13?,16-,17-/m1/s1. The van der Waals surface area contributed by atoms with E-state index in [9.17, 15) is 0 Å². The lowest BCUT2D eigenvalue weighted by atomic mass is 9.80. The van der Waals surface area contributed by atoms with Crippen molar-refractivity contribution < 1.29 is 0 Å². The van der Waals surface area contributed by atoms with Gasteiger partial charge in [-0.15, -0.1) is 0 Å². The summed E-state index contributed by atoms with van der Waals surface area (Å²) in [7, 11) is 0. The second-order valence-corrected chi connectivity index (χ2v) is 6.86. The van der Waals surface area contributed by atoms with E-state index in [0.717, 1.165) is 23.8 Å². The predicted molar refractivity (Wildman–Crippen MR) is 76.2 cm³/mol. The zero-order valence-corrected chi connectivity index (χ0v) is 11.7. The molecule has 0 amide bonds. The van der Waals surface area contributed by atoms with Crippen molar-refractivity contribution in [2.75, 3.05) is 4.90 Å². The van der Waals surface area contributed by atoms with Gasteiger partial charge in [0.25, 0.3) is 0 Å². The predicted octanol–water partition coefficient (Wildman–Crippen LogP) is 4.11. The van der Waals surface area contributed by atoms with E-state index in [-0.39, 0.29) is 0 Å². The van der Waals surface area contributed by atoms with Gasteiger partial charge in [0.05, 0.1) is 0 Å². The van der Waals surface area contributed by atoms with Crippen LogP contribution in [0.25, 0.3) is 0 Å². The third-order valence-corrected chi connectivity index (χ3v) is 5.66. The first-order valence-electron chi connectivity index (χ1n) is 7.56. The van der Waals surface area contributed by atoms with Gasteiger partial charge in [-0.25, -0.2) is 0 Å². The number of nitrogens with zero attached hydrogens (tertiary/aromatic N) is 1. The maximum Gasteiger partial charge on any atom is 0.0410 e. The number of anilines is 1. The molecule has 3 aliphatic rings. The molecule has 2 bridgehead atoms. The molecule has 4 atom stereocenters. The Balaban J connectivity index is 1.91. The number of benzene rings is 1. The van der Waals surface area contributed by atoms with Crippen LogP contribution in [0.3, 0.4) is 0 Å². The molecule has 0 aromatic heterocycles. The molecular weight excluding hydrogens is 218 g/mol. The SMILES string of the molecule is Cc1cccc2c1[C@H]1C3CCC(C3)[C@H]1N2C(C)C. The van der Waals surface area contributed by atoms with E-state index in [0.29, 0.717) is 6.04 Å². The Labute approximate surface area is 110 Å². The maximum absolute atomic E-state index is 2.75. The Morgan fingerprint density at radius 2 is 1.94 bits per heavy atom. The zero-order valence-electron chi connectivity index (χ0n) is 11.7. The fourth-order valence-corrected chi connectivity index (χ4v) is 5.17. The van der Waals surface area contributed by atoms with Gasteiger partial charge in [-0.3, -0.25) is 0 Å². The van der Waals surface area contributed by atoms with Crippen molar-refractivity contribution in [2.24, 2.45) is 11.8 Å². The van der Waals surface area contributed by atoms with Crippen molar-refractivity contribution in [3.63, 3.8) is 0 Å². The van der Waals surface area contributed by atoms with Crippen LogP contribution in [-0.4, -0.2) is 12.1 Å². The molecule has 2 aliphatic carbocycles. The van der Waals surface area contributed by atoms with E-state index in [1.165, 1.54) is 24.8 Å². The van der Waals surface area contributed by atoms with Crippen LogP contribution in [0, 0.1) is 18.8 Å². The Bertz CT molecular complexity index is 490. The molecule has 1 aromatic carbocycles. The average Bonchev–Trinajstić information content (AvgIpc) is 2.98. The van der Waals surface area contributed by atoms with Crippen LogP contribution in [0.15, 0.2) is 18.2 Å². The van der Waals surface area contributed by atoms with Crippen molar-refractivity contribution in [2.45, 2.75) is 58.0 Å². The highest BCUT2D eigenvalue weighted by Gasteiger charge is 2.55. The highest BCUT2D eigenvalue weighted by Crippen LogP contribution is 2.61. The first kappa shape index (κ1) is 10.9. The Hall–Kier alpha value is -0.980. The van der Waals surface area contributed by atoms with Gasteiger partial charge < -0.3 is 4.90 Å². The monoisotopic (exact) mass is 241 g/mol. The lowest BCUT2D eigenvalue weighted by Crippen LogP contribution is -2.42. The van der Waals surface area contributed by atoms with Crippen molar-refractivity contribution in [1.29, 1.82) is 0 Å². The Morgan fingerprint density at radius 1 is 1.17 bits per heavy atom. The van der Waals surface area contributed by atoms with E-state index < -0.39 is 0 Å². The second-order valence-electron chi connectivity index (χ2n) is 6.86. The van der Waals surface area contributed by atoms with Crippen molar-refractivity contribution in [3.05, 3.63) is 29.3 Å². The number of aryl methyl sites for hydroxylation is 1. The summed E-state index contributed by atoms with van der Waals surface area (Å²) in [5.74, 6) is 2.79. The summed E-state index contributed by atoms with van der Waals surface area (Å²) in [6.07, 6.45) is 4.44. The molecule has 4 rings (SSSR count). The van der Waals surface area contributed by atoms with Crippen LogP contribution < -0.4 is 4.90 Å². The first-order chi connectivity index (χ1) is 8.68. The minimum absolute atomic E-state index is 0.639. The summed E-state index contributed by atoms with van der Waals surface area (Å²) in [4.78, 5) is 2.75. The largest absolute Gasteiger partial charge is 0.365 e. The van der Waals surface area contributed by atoms with Gasteiger partial charge >= 0.3 is 0 Å². The second kappa shape index (κ2) is 3.53.